The van der Waals surface area contributed by atoms with Gasteiger partial charge >= 0.3 is 12.1 Å². The lowest BCUT2D eigenvalue weighted by Crippen LogP contribution is -2.51. The predicted molar refractivity (Wildman–Crippen MR) is 128 cm³/mol. The Bertz CT molecular complexity index is 897. The molecule has 1 aliphatic rings. The van der Waals surface area contributed by atoms with Crippen molar-refractivity contribution in [1.29, 1.82) is 0 Å². The molecule has 1 heterocycles. The average molecular weight is 491 g/mol. The zero-order valence-corrected chi connectivity index (χ0v) is 19.8. The van der Waals surface area contributed by atoms with Gasteiger partial charge in [-0.1, -0.05) is 30.3 Å². The molecule has 1 saturated heterocycles. The molecule has 12 nitrogen and oxygen atoms in total. The van der Waals surface area contributed by atoms with E-state index in [0.29, 0.717) is 32.4 Å². The Morgan fingerprint density at radius 2 is 1.80 bits per heavy atom. The molecule has 0 radical (unpaired) electrons. The van der Waals surface area contributed by atoms with E-state index >= 15 is 0 Å². The lowest BCUT2D eigenvalue weighted by molar-refractivity contribution is -0.143. The molecule has 12 heteroatoms. The summed E-state index contributed by atoms with van der Waals surface area (Å²) in [5.41, 5.74) is 11.3. The van der Waals surface area contributed by atoms with Gasteiger partial charge in [-0.05, 0) is 38.2 Å². The Labute approximate surface area is 204 Å². The highest BCUT2D eigenvalue weighted by atomic mass is 16.5. The van der Waals surface area contributed by atoms with Crippen LogP contribution < -0.4 is 22.1 Å². The number of aliphatic imine (C=N–C) groups is 1. The van der Waals surface area contributed by atoms with Crippen molar-refractivity contribution in [1.82, 2.24) is 15.5 Å². The van der Waals surface area contributed by atoms with Crippen LogP contribution in [0.1, 0.15) is 38.2 Å². The van der Waals surface area contributed by atoms with Crippen LogP contribution in [0, 0.1) is 5.92 Å². The molecule has 0 aromatic heterocycles. The summed E-state index contributed by atoms with van der Waals surface area (Å²) in [4.78, 5) is 54.2. The number of hydrogen-bond donors (Lipinski definition) is 5. The zero-order valence-electron chi connectivity index (χ0n) is 19.8. The number of carbonyl (C=O) groups is 4. The summed E-state index contributed by atoms with van der Waals surface area (Å²) in [5, 5.41) is 14.5. The Morgan fingerprint density at radius 3 is 2.40 bits per heavy atom. The molecule has 192 valence electrons. The number of guanidine groups is 1. The number of carbonyl (C=O) groups excluding carboxylic acids is 3. The van der Waals surface area contributed by atoms with Gasteiger partial charge < -0.3 is 36.8 Å². The Hall–Kier alpha value is -3.83. The second kappa shape index (κ2) is 13.8. The number of amides is 3. The van der Waals surface area contributed by atoms with E-state index in [4.69, 9.17) is 16.2 Å². The fourth-order valence-corrected chi connectivity index (χ4v) is 3.69. The van der Waals surface area contributed by atoms with Crippen molar-refractivity contribution in [2.24, 2.45) is 22.4 Å². The van der Waals surface area contributed by atoms with Crippen LogP contribution in [0.4, 0.5) is 4.79 Å². The number of nitrogens with two attached hydrogens (primary N) is 2. The number of likely N-dealkylation sites (tertiary alicyclic amines) is 1. The summed E-state index contributed by atoms with van der Waals surface area (Å²) in [6, 6.07) is 7.36. The topological polar surface area (TPSA) is 189 Å². The van der Waals surface area contributed by atoms with Gasteiger partial charge in [0.25, 0.3) is 0 Å². The van der Waals surface area contributed by atoms with E-state index in [1.165, 1.54) is 0 Å². The highest BCUT2D eigenvalue weighted by Crippen LogP contribution is 2.19. The second-order valence-electron chi connectivity index (χ2n) is 8.38. The first-order valence-electron chi connectivity index (χ1n) is 11.5. The summed E-state index contributed by atoms with van der Waals surface area (Å²) in [6.07, 6.45) is 0.689. The molecule has 1 aromatic rings. The molecule has 0 aliphatic carbocycles. The summed E-state index contributed by atoms with van der Waals surface area (Å²) in [6.45, 7) is 2.59. The van der Waals surface area contributed by atoms with Gasteiger partial charge in [-0.25, -0.2) is 9.59 Å². The van der Waals surface area contributed by atoms with Crippen LogP contribution in [0.3, 0.4) is 0 Å². The second-order valence-corrected chi connectivity index (χ2v) is 8.38. The molecule has 2 unspecified atom stereocenters. The first-order chi connectivity index (χ1) is 16.7. The number of benzene rings is 1. The van der Waals surface area contributed by atoms with Gasteiger partial charge in [-0.2, -0.15) is 0 Å². The van der Waals surface area contributed by atoms with E-state index in [-0.39, 0.29) is 37.3 Å². The molecule has 0 saturated carbocycles. The SMILES string of the molecule is CC(NC(=O)OCc1ccccc1)C(=O)N1CCC(C(=O)NC(CCCN=C(N)N)C(=O)O)CC1. The normalized spacial score (nSPS) is 15.4. The monoisotopic (exact) mass is 490 g/mol. The van der Waals surface area contributed by atoms with Gasteiger partial charge in [0.15, 0.2) is 5.96 Å². The first-order valence-corrected chi connectivity index (χ1v) is 11.5. The Morgan fingerprint density at radius 1 is 1.14 bits per heavy atom. The minimum atomic E-state index is -1.13. The number of carboxylic acid groups (broad SMARTS) is 1. The van der Waals surface area contributed by atoms with Gasteiger partial charge in [-0.3, -0.25) is 14.6 Å². The highest BCUT2D eigenvalue weighted by Gasteiger charge is 2.31. The van der Waals surface area contributed by atoms with E-state index in [2.05, 4.69) is 15.6 Å². The van der Waals surface area contributed by atoms with Crippen LogP contribution in [0.5, 0.6) is 0 Å². The molecule has 1 aliphatic heterocycles. The fraction of sp³-hybridized carbons (Fsp3) is 0.522. The third kappa shape index (κ3) is 9.51. The third-order valence-corrected chi connectivity index (χ3v) is 5.65. The maximum atomic E-state index is 12.7. The summed E-state index contributed by atoms with van der Waals surface area (Å²) < 4.78 is 5.15. The molecule has 2 rings (SSSR count). The maximum absolute atomic E-state index is 12.7. The Balaban J connectivity index is 1.74. The number of aliphatic carboxylic acids is 1. The molecular formula is C23H34N6O6. The van der Waals surface area contributed by atoms with Crippen molar-refractivity contribution in [2.45, 2.75) is 51.3 Å². The molecule has 0 spiro atoms. The third-order valence-electron chi connectivity index (χ3n) is 5.65. The van der Waals surface area contributed by atoms with Crippen molar-refractivity contribution in [3.05, 3.63) is 35.9 Å². The zero-order chi connectivity index (χ0) is 25.8. The predicted octanol–water partition coefficient (Wildman–Crippen LogP) is 0.163. The largest absolute Gasteiger partial charge is 0.480 e. The van der Waals surface area contributed by atoms with Crippen LogP contribution in [0.25, 0.3) is 0 Å². The molecule has 1 aromatic carbocycles. The number of ether oxygens (including phenoxy) is 1. The Kier molecular flexibility index (Phi) is 10.8. The minimum Gasteiger partial charge on any atom is -0.480 e. The van der Waals surface area contributed by atoms with Crippen molar-refractivity contribution in [2.75, 3.05) is 19.6 Å². The van der Waals surface area contributed by atoms with Crippen molar-refractivity contribution in [3.63, 3.8) is 0 Å². The standard InChI is InChI=1S/C23H34N6O6/c1-15(27-23(34)35-14-16-6-3-2-4-7-16)20(31)29-12-9-17(10-13-29)19(30)28-18(21(32)33)8-5-11-26-22(24)25/h2-4,6-7,15,17-18H,5,8-14H2,1H3,(H,27,34)(H,28,30)(H,32,33)(H4,24,25,26). The molecule has 1 fully saturated rings. The van der Waals surface area contributed by atoms with Crippen LogP contribution >= 0.6 is 0 Å². The first kappa shape index (κ1) is 27.4. The maximum Gasteiger partial charge on any atom is 0.408 e. The van der Waals surface area contributed by atoms with Crippen LogP contribution in [-0.2, 0) is 25.7 Å². The minimum absolute atomic E-state index is 0.0733. The molecule has 7 N–H and O–H groups in total. The van der Waals surface area contributed by atoms with Gasteiger partial charge in [0.05, 0.1) is 0 Å². The lowest BCUT2D eigenvalue weighted by Gasteiger charge is -2.33. The van der Waals surface area contributed by atoms with E-state index in [1.807, 2.05) is 30.3 Å². The number of piperidine rings is 1. The van der Waals surface area contributed by atoms with Crippen molar-refractivity contribution < 1.29 is 29.0 Å². The molecule has 35 heavy (non-hydrogen) atoms. The van der Waals surface area contributed by atoms with Gasteiger partial charge in [-0.15, -0.1) is 0 Å². The number of carboxylic acids is 1. The summed E-state index contributed by atoms with van der Waals surface area (Å²) >= 11 is 0. The molecule has 2 atom stereocenters. The van der Waals surface area contributed by atoms with Crippen molar-refractivity contribution in [3.8, 4) is 0 Å². The van der Waals surface area contributed by atoms with Gasteiger partial charge in [0.2, 0.25) is 11.8 Å². The highest BCUT2D eigenvalue weighted by molar-refractivity contribution is 5.87. The van der Waals surface area contributed by atoms with Gasteiger partial charge in [0.1, 0.15) is 18.7 Å². The van der Waals surface area contributed by atoms with Crippen LogP contribution in [0.15, 0.2) is 35.3 Å². The van der Waals surface area contributed by atoms with Crippen LogP contribution in [-0.4, -0.2) is 71.6 Å². The van der Waals surface area contributed by atoms with Crippen LogP contribution in [0.2, 0.25) is 0 Å². The summed E-state index contributed by atoms with van der Waals surface area (Å²) in [5.74, 6) is -2.24. The quantitative estimate of drug-likeness (QED) is 0.165. The van der Waals surface area contributed by atoms with E-state index in [0.717, 1.165) is 5.56 Å². The van der Waals surface area contributed by atoms with Crippen molar-refractivity contribution >= 4 is 29.8 Å². The molecular weight excluding hydrogens is 456 g/mol. The van der Waals surface area contributed by atoms with E-state index in [1.54, 1.807) is 11.8 Å². The number of alkyl carbamates (subject to hydrolysis) is 1. The molecule has 0 bridgehead atoms. The molecule has 3 amide bonds. The van der Waals surface area contributed by atoms with Gasteiger partial charge in [0, 0.05) is 25.6 Å². The lowest BCUT2D eigenvalue weighted by atomic mass is 9.95. The average Bonchev–Trinajstić information content (AvgIpc) is 2.84. The van der Waals surface area contributed by atoms with E-state index < -0.39 is 30.1 Å². The fourth-order valence-electron chi connectivity index (χ4n) is 3.69. The van der Waals surface area contributed by atoms with E-state index in [9.17, 15) is 24.3 Å². The number of nitrogens with zero attached hydrogens (tertiary/aromatic N) is 2. The number of rotatable bonds is 11. The smallest absolute Gasteiger partial charge is 0.408 e. The number of hydrogen-bond acceptors (Lipinski definition) is 6. The summed E-state index contributed by atoms with van der Waals surface area (Å²) in [7, 11) is 0. The number of nitrogens with one attached hydrogen (secondary N) is 2.